The number of likely N-dealkylation sites (tertiary alicyclic amines) is 1. The fourth-order valence-corrected chi connectivity index (χ4v) is 6.95. The van der Waals surface area contributed by atoms with Gasteiger partial charge in [-0.3, -0.25) is 19.8 Å². The molecule has 0 unspecified atom stereocenters. The van der Waals surface area contributed by atoms with Gasteiger partial charge in [-0.25, -0.2) is 18.6 Å². The second-order valence-electron chi connectivity index (χ2n) is 10.5. The third-order valence-electron chi connectivity index (χ3n) is 7.44. The third kappa shape index (κ3) is 5.90. The minimum atomic E-state index is -4.03. The molecule has 0 atom stereocenters. The molecule has 10 nitrogen and oxygen atoms in total. The number of amides is 2. The van der Waals surface area contributed by atoms with Crippen molar-refractivity contribution >= 4 is 32.7 Å². The summed E-state index contributed by atoms with van der Waals surface area (Å²) < 4.78 is 35.1. The Morgan fingerprint density at radius 3 is 2.49 bits per heavy atom. The van der Waals surface area contributed by atoms with E-state index in [-0.39, 0.29) is 36.2 Å². The average Bonchev–Trinajstić information content (AvgIpc) is 3.44. The zero-order chi connectivity index (χ0) is 27.6. The molecule has 0 radical (unpaired) electrons. The van der Waals surface area contributed by atoms with Gasteiger partial charge in [0.2, 0.25) is 21.8 Å². The molecule has 0 bridgehead atoms. The summed E-state index contributed by atoms with van der Waals surface area (Å²) >= 11 is 0. The van der Waals surface area contributed by atoms with Crippen molar-refractivity contribution in [3.8, 4) is 5.75 Å². The van der Waals surface area contributed by atoms with E-state index in [4.69, 9.17) is 9.94 Å². The van der Waals surface area contributed by atoms with Crippen LogP contribution < -0.4 is 14.9 Å². The van der Waals surface area contributed by atoms with Crippen LogP contribution in [-0.4, -0.2) is 54.0 Å². The number of aryl methyl sites for hydroxylation is 1. The first kappa shape index (κ1) is 27.0. The number of ether oxygens (including phenoxy) is 1. The van der Waals surface area contributed by atoms with Gasteiger partial charge in [0.1, 0.15) is 12.4 Å². The number of carbonyl (C=O) groups excluding carboxylic acids is 2. The number of fused-ring (bicyclic) bond motifs is 1. The fourth-order valence-electron chi connectivity index (χ4n) is 5.56. The number of rotatable bonds is 9. The van der Waals surface area contributed by atoms with Gasteiger partial charge in [0.15, 0.2) is 0 Å². The van der Waals surface area contributed by atoms with Gasteiger partial charge in [0.05, 0.1) is 22.4 Å². The number of hydrogen-bond acceptors (Lipinski definition) is 7. The van der Waals surface area contributed by atoms with E-state index in [9.17, 15) is 18.0 Å². The molecule has 2 aliphatic rings. The highest BCUT2D eigenvalue weighted by Crippen LogP contribution is 2.33. The van der Waals surface area contributed by atoms with Gasteiger partial charge in [-0.05, 0) is 56.2 Å². The van der Waals surface area contributed by atoms with Crippen LogP contribution in [0.3, 0.4) is 0 Å². The van der Waals surface area contributed by atoms with Crippen molar-refractivity contribution < 1.29 is 28.0 Å². The van der Waals surface area contributed by atoms with Crippen molar-refractivity contribution in [3.63, 3.8) is 0 Å². The van der Waals surface area contributed by atoms with Crippen LogP contribution in [0.4, 0.5) is 0 Å². The monoisotopic (exact) mass is 552 g/mol. The molecule has 3 aromatic rings. The van der Waals surface area contributed by atoms with E-state index >= 15 is 0 Å². The molecule has 1 aliphatic heterocycles. The average molecular weight is 553 g/mol. The summed E-state index contributed by atoms with van der Waals surface area (Å²) in [5.74, 6) is -0.287. The van der Waals surface area contributed by atoms with E-state index in [1.165, 1.54) is 12.1 Å². The predicted octanol–water partition coefficient (Wildman–Crippen LogP) is 3.07. The van der Waals surface area contributed by atoms with Gasteiger partial charge < -0.3 is 9.64 Å². The topological polar surface area (TPSA) is 138 Å². The Morgan fingerprint density at radius 2 is 1.79 bits per heavy atom. The molecular weight excluding hydrogens is 520 g/mol. The van der Waals surface area contributed by atoms with Crippen LogP contribution >= 0.6 is 0 Å². The maximum Gasteiger partial charge on any atom is 0.245 e. The molecule has 2 fully saturated rings. The van der Waals surface area contributed by atoms with Crippen molar-refractivity contribution in [2.75, 3.05) is 13.1 Å². The maximum atomic E-state index is 13.3. The van der Waals surface area contributed by atoms with Crippen LogP contribution in [0.1, 0.15) is 43.4 Å². The van der Waals surface area contributed by atoms with E-state index in [0.717, 1.165) is 47.8 Å². The lowest BCUT2D eigenvalue weighted by atomic mass is 9.86. The Kier molecular flexibility index (Phi) is 7.57. The normalized spacial score (nSPS) is 17.1. The number of carbonyl (C=O) groups is 2. The van der Waals surface area contributed by atoms with Gasteiger partial charge >= 0.3 is 0 Å². The first-order chi connectivity index (χ1) is 18.7. The highest BCUT2D eigenvalue weighted by Gasteiger charge is 2.50. The Labute approximate surface area is 227 Å². The molecule has 3 N–H and O–H groups in total. The summed E-state index contributed by atoms with van der Waals surface area (Å²) in [6, 6.07) is 15.8. The second kappa shape index (κ2) is 10.9. The summed E-state index contributed by atoms with van der Waals surface area (Å²) in [4.78, 5) is 30.9. The molecule has 11 heteroatoms. The Hall–Kier alpha value is -3.54. The zero-order valence-electron chi connectivity index (χ0n) is 21.7. The van der Waals surface area contributed by atoms with Gasteiger partial charge in [-0.1, -0.05) is 31.0 Å². The smallest absolute Gasteiger partial charge is 0.245 e. The lowest BCUT2D eigenvalue weighted by molar-refractivity contribution is -0.146. The minimum absolute atomic E-state index is 0.00408. The fraction of sp³-hybridized carbons (Fsp3) is 0.393. The molecule has 1 aromatic heterocycles. The highest BCUT2D eigenvalue weighted by atomic mass is 32.2. The maximum absolute atomic E-state index is 13.3. The number of benzene rings is 2. The standard InChI is InChI=1S/C28H32N4O6S/c1-19-14-21(24-8-4-5-9-25(24)29-19)16-38-22-10-12-23(13-11-22)39(36,37)31-28(15-26(33)30-35)17-32(18-28)27(34)20-6-2-3-7-20/h4-5,8-14,20,31,35H,2-3,6-7,15-18H2,1H3,(H,30,33). The molecule has 206 valence electrons. The molecule has 2 amide bonds. The van der Waals surface area contributed by atoms with Gasteiger partial charge in [0.25, 0.3) is 0 Å². The molecule has 1 aliphatic carbocycles. The summed E-state index contributed by atoms with van der Waals surface area (Å²) in [6.07, 6.45) is 3.38. The first-order valence-electron chi connectivity index (χ1n) is 13.0. The number of nitrogens with one attached hydrogen (secondary N) is 2. The van der Waals surface area contributed by atoms with Crippen LogP contribution in [0.2, 0.25) is 0 Å². The number of aromatic nitrogens is 1. The number of sulfonamides is 1. The number of hydroxylamine groups is 1. The minimum Gasteiger partial charge on any atom is -0.489 e. The number of para-hydroxylation sites is 1. The van der Waals surface area contributed by atoms with E-state index in [1.807, 2.05) is 37.3 Å². The zero-order valence-corrected chi connectivity index (χ0v) is 22.5. The lowest BCUT2D eigenvalue weighted by Crippen LogP contribution is -2.72. The van der Waals surface area contributed by atoms with Crippen LogP contribution in [-0.2, 0) is 26.2 Å². The molecule has 5 rings (SSSR count). The number of hydrogen-bond donors (Lipinski definition) is 3. The quantitative estimate of drug-likeness (QED) is 0.274. The predicted molar refractivity (Wildman–Crippen MR) is 143 cm³/mol. The van der Waals surface area contributed by atoms with Crippen LogP contribution in [0.15, 0.2) is 59.5 Å². The van der Waals surface area contributed by atoms with Crippen molar-refractivity contribution in [2.24, 2.45) is 5.92 Å². The molecule has 1 saturated heterocycles. The van der Waals surface area contributed by atoms with Crippen molar-refractivity contribution in [3.05, 3.63) is 65.9 Å². The Bertz CT molecular complexity index is 1480. The molecular formula is C28H32N4O6S. The third-order valence-corrected chi connectivity index (χ3v) is 9.03. The molecule has 2 heterocycles. The van der Waals surface area contributed by atoms with E-state index in [1.54, 1.807) is 22.5 Å². The van der Waals surface area contributed by atoms with E-state index < -0.39 is 21.5 Å². The summed E-state index contributed by atoms with van der Waals surface area (Å²) in [7, 11) is -4.03. The SMILES string of the molecule is Cc1cc(COc2ccc(S(=O)(=O)NC3(CC(=O)NO)CN(C(=O)C4CCCC4)C3)cc2)c2ccccc2n1. The van der Waals surface area contributed by atoms with Crippen LogP contribution in [0.5, 0.6) is 5.75 Å². The number of nitrogens with zero attached hydrogens (tertiary/aromatic N) is 2. The van der Waals surface area contributed by atoms with Crippen molar-refractivity contribution in [1.82, 2.24) is 20.1 Å². The van der Waals surface area contributed by atoms with Gasteiger partial charge in [-0.15, -0.1) is 0 Å². The second-order valence-corrected chi connectivity index (χ2v) is 12.2. The van der Waals surface area contributed by atoms with Gasteiger partial charge in [-0.2, -0.15) is 0 Å². The molecule has 1 saturated carbocycles. The van der Waals surface area contributed by atoms with E-state index in [2.05, 4.69) is 9.71 Å². The van der Waals surface area contributed by atoms with Gasteiger partial charge in [0, 0.05) is 35.7 Å². The Balaban J connectivity index is 1.26. The number of pyridine rings is 1. The Morgan fingerprint density at radius 1 is 1.10 bits per heavy atom. The summed E-state index contributed by atoms with van der Waals surface area (Å²) in [6.45, 7) is 2.34. The van der Waals surface area contributed by atoms with Crippen LogP contribution in [0.25, 0.3) is 10.9 Å². The molecule has 2 aromatic carbocycles. The van der Waals surface area contributed by atoms with Crippen molar-refractivity contribution in [2.45, 2.75) is 56.1 Å². The first-order valence-corrected chi connectivity index (χ1v) is 14.5. The highest BCUT2D eigenvalue weighted by molar-refractivity contribution is 7.89. The van der Waals surface area contributed by atoms with Crippen molar-refractivity contribution in [1.29, 1.82) is 0 Å². The van der Waals surface area contributed by atoms with Crippen LogP contribution in [0, 0.1) is 12.8 Å². The lowest BCUT2D eigenvalue weighted by Gasteiger charge is -2.50. The summed E-state index contributed by atoms with van der Waals surface area (Å²) in [5, 5.41) is 10.0. The molecule has 0 spiro atoms. The van der Waals surface area contributed by atoms with E-state index in [0.29, 0.717) is 12.4 Å². The summed E-state index contributed by atoms with van der Waals surface area (Å²) in [5.41, 5.74) is 3.10. The largest absolute Gasteiger partial charge is 0.489 e. The molecule has 39 heavy (non-hydrogen) atoms.